The molecule has 0 rings (SSSR count). The quantitative estimate of drug-likeness (QED) is 0.0264. The normalized spacial score (nSPS) is 13.8. The summed E-state index contributed by atoms with van der Waals surface area (Å²) < 4.78 is 33.0. The van der Waals surface area contributed by atoms with E-state index in [1.54, 1.807) is 0 Å². The van der Waals surface area contributed by atoms with Crippen LogP contribution in [0.15, 0.2) is 97.2 Å². The predicted octanol–water partition coefficient (Wildman–Crippen LogP) is 18.1. The van der Waals surface area contributed by atoms with Gasteiger partial charge in [-0.1, -0.05) is 233 Å². The SMILES string of the molecule is CC/C=C\C/C=C\C/C=C\C/C=C\C/C=C\C/C=C\C/C=C\CCCCCCCCCCCC(=O)OC(COC(=O)CCCCCCCCCCC/C=C\CCCCCCCC)COP(=O)(O)OCCN. The van der Waals surface area contributed by atoms with Crippen LogP contribution in [0.2, 0.25) is 0 Å². The second-order valence-electron chi connectivity index (χ2n) is 18.8. The molecular formula is C61H106NO8P. The van der Waals surface area contributed by atoms with Gasteiger partial charge >= 0.3 is 19.8 Å². The fourth-order valence-corrected chi connectivity index (χ4v) is 8.49. The molecule has 0 aromatic carbocycles. The molecule has 0 spiro atoms. The molecule has 408 valence electrons. The summed E-state index contributed by atoms with van der Waals surface area (Å²) in [5, 5.41) is 0. The molecule has 0 radical (unpaired) electrons. The molecule has 0 aliphatic rings. The summed E-state index contributed by atoms with van der Waals surface area (Å²) >= 11 is 0. The maximum atomic E-state index is 12.7. The molecule has 9 nitrogen and oxygen atoms in total. The first-order valence-corrected chi connectivity index (χ1v) is 30.2. The van der Waals surface area contributed by atoms with Gasteiger partial charge in [-0.05, 0) is 96.3 Å². The molecule has 71 heavy (non-hydrogen) atoms. The summed E-state index contributed by atoms with van der Waals surface area (Å²) in [5.74, 6) is -0.838. The van der Waals surface area contributed by atoms with E-state index in [0.717, 1.165) is 89.9 Å². The number of phosphoric ester groups is 1. The molecule has 3 N–H and O–H groups in total. The van der Waals surface area contributed by atoms with E-state index in [1.165, 1.54) is 122 Å². The van der Waals surface area contributed by atoms with Gasteiger partial charge in [0, 0.05) is 19.4 Å². The highest BCUT2D eigenvalue weighted by Gasteiger charge is 2.26. The third-order valence-electron chi connectivity index (χ3n) is 12.0. The highest BCUT2D eigenvalue weighted by molar-refractivity contribution is 7.47. The number of nitrogens with two attached hydrogens (primary N) is 1. The van der Waals surface area contributed by atoms with Crippen LogP contribution in [0.5, 0.6) is 0 Å². The summed E-state index contributed by atoms with van der Waals surface area (Å²) in [6, 6.07) is 0. The van der Waals surface area contributed by atoms with Gasteiger partial charge in [0.05, 0.1) is 13.2 Å². The van der Waals surface area contributed by atoms with E-state index >= 15 is 0 Å². The lowest BCUT2D eigenvalue weighted by Gasteiger charge is -2.19. The molecule has 10 heteroatoms. The first-order valence-electron chi connectivity index (χ1n) is 28.7. The van der Waals surface area contributed by atoms with Gasteiger partial charge in [0.25, 0.3) is 0 Å². The minimum atomic E-state index is -4.39. The van der Waals surface area contributed by atoms with Crippen molar-refractivity contribution in [2.75, 3.05) is 26.4 Å². The smallest absolute Gasteiger partial charge is 0.462 e. The molecular weight excluding hydrogens is 906 g/mol. The van der Waals surface area contributed by atoms with E-state index in [2.05, 4.69) is 111 Å². The van der Waals surface area contributed by atoms with Crippen molar-refractivity contribution in [3.63, 3.8) is 0 Å². The Kier molecular flexibility index (Phi) is 53.8. The summed E-state index contributed by atoms with van der Waals surface area (Å²) in [6.07, 6.45) is 74.5. The number of hydrogen-bond acceptors (Lipinski definition) is 8. The molecule has 0 heterocycles. The molecule has 2 atom stereocenters. The first-order chi connectivity index (χ1) is 34.8. The number of allylic oxidation sites excluding steroid dienone is 16. The largest absolute Gasteiger partial charge is 0.472 e. The van der Waals surface area contributed by atoms with Gasteiger partial charge in [-0.2, -0.15) is 0 Å². The average molecular weight is 1010 g/mol. The number of esters is 2. The Hall–Kier alpha value is -3.07. The van der Waals surface area contributed by atoms with E-state index < -0.39 is 26.5 Å². The number of ether oxygens (including phenoxy) is 2. The van der Waals surface area contributed by atoms with Gasteiger partial charge in [-0.15, -0.1) is 0 Å². The minimum Gasteiger partial charge on any atom is -0.462 e. The lowest BCUT2D eigenvalue weighted by Crippen LogP contribution is -2.29. The molecule has 0 fully saturated rings. The number of carbonyl (C=O) groups excluding carboxylic acids is 2. The highest BCUT2D eigenvalue weighted by atomic mass is 31.2. The topological polar surface area (TPSA) is 134 Å². The molecule has 0 aromatic heterocycles. The predicted molar refractivity (Wildman–Crippen MR) is 302 cm³/mol. The van der Waals surface area contributed by atoms with Gasteiger partial charge in [0.2, 0.25) is 0 Å². The van der Waals surface area contributed by atoms with Crippen LogP contribution < -0.4 is 5.73 Å². The molecule has 0 aliphatic heterocycles. The number of carbonyl (C=O) groups is 2. The Morgan fingerprint density at radius 3 is 1.17 bits per heavy atom. The van der Waals surface area contributed by atoms with E-state index in [-0.39, 0.29) is 38.6 Å². The second kappa shape index (κ2) is 56.2. The van der Waals surface area contributed by atoms with E-state index in [0.29, 0.717) is 6.42 Å². The van der Waals surface area contributed by atoms with Gasteiger partial charge < -0.3 is 20.1 Å². The van der Waals surface area contributed by atoms with E-state index in [4.69, 9.17) is 24.3 Å². The maximum absolute atomic E-state index is 12.7. The fourth-order valence-electron chi connectivity index (χ4n) is 7.73. The Morgan fingerprint density at radius 2 is 0.775 bits per heavy atom. The van der Waals surface area contributed by atoms with Crippen molar-refractivity contribution in [3.8, 4) is 0 Å². The molecule has 0 amide bonds. The van der Waals surface area contributed by atoms with Gasteiger partial charge in [0.15, 0.2) is 6.10 Å². The van der Waals surface area contributed by atoms with Crippen LogP contribution >= 0.6 is 7.82 Å². The Morgan fingerprint density at radius 1 is 0.437 bits per heavy atom. The van der Waals surface area contributed by atoms with Gasteiger partial charge in [-0.25, -0.2) is 4.57 Å². The Bertz CT molecular complexity index is 1480. The van der Waals surface area contributed by atoms with Crippen molar-refractivity contribution < 1.29 is 37.6 Å². The molecule has 0 saturated heterocycles. The van der Waals surface area contributed by atoms with Crippen molar-refractivity contribution in [3.05, 3.63) is 97.2 Å². The molecule has 2 unspecified atom stereocenters. The zero-order chi connectivity index (χ0) is 51.7. The van der Waals surface area contributed by atoms with Crippen LogP contribution in [0, 0.1) is 0 Å². The zero-order valence-corrected chi connectivity index (χ0v) is 46.3. The fraction of sp³-hybridized carbons (Fsp3) is 0.705. The van der Waals surface area contributed by atoms with Crippen molar-refractivity contribution in [1.29, 1.82) is 0 Å². The van der Waals surface area contributed by atoms with Crippen molar-refractivity contribution >= 4 is 19.8 Å². The van der Waals surface area contributed by atoms with E-state index in [9.17, 15) is 19.0 Å². The minimum absolute atomic E-state index is 0.0482. The third kappa shape index (κ3) is 56.1. The second-order valence-corrected chi connectivity index (χ2v) is 20.2. The van der Waals surface area contributed by atoms with Crippen LogP contribution in [0.25, 0.3) is 0 Å². The zero-order valence-electron chi connectivity index (χ0n) is 45.4. The standard InChI is InChI=1S/C61H106NO8P/c1-3-5-7-9-11-13-15-17-19-21-23-24-25-26-27-28-29-30-31-32-33-34-36-38-40-42-44-46-48-50-52-54-61(64)70-59(58-69-71(65,66)68-56-55-62)57-67-60(63)53-51-49-47-45-43-41-39-37-35-22-20-18-16-14-12-10-8-6-4-2/h5,7,11,13,17-20,23-24,26-27,29-30,32-33,59H,3-4,6,8-10,12,14-16,21-22,25,28,31,34-58,62H2,1-2H3,(H,65,66)/b7-5-,13-11-,19-17-,20-18-,24-23-,27-26-,30-29-,33-32-. The van der Waals surface area contributed by atoms with Crippen LogP contribution in [0.1, 0.15) is 245 Å². The first kappa shape index (κ1) is 67.9. The lowest BCUT2D eigenvalue weighted by atomic mass is 10.1. The van der Waals surface area contributed by atoms with Crippen molar-refractivity contribution in [2.45, 2.75) is 251 Å². The summed E-state index contributed by atoms with van der Waals surface area (Å²) in [6.45, 7) is 3.62. The average Bonchev–Trinajstić information content (AvgIpc) is 3.36. The summed E-state index contributed by atoms with van der Waals surface area (Å²) in [4.78, 5) is 35.2. The third-order valence-corrected chi connectivity index (χ3v) is 12.9. The van der Waals surface area contributed by atoms with Crippen LogP contribution in [0.3, 0.4) is 0 Å². The molecule has 0 saturated carbocycles. The van der Waals surface area contributed by atoms with Crippen LogP contribution in [-0.4, -0.2) is 49.3 Å². The molecule has 0 aromatic rings. The van der Waals surface area contributed by atoms with Crippen LogP contribution in [0.4, 0.5) is 0 Å². The van der Waals surface area contributed by atoms with Gasteiger partial charge in [0.1, 0.15) is 6.61 Å². The van der Waals surface area contributed by atoms with Crippen molar-refractivity contribution in [1.82, 2.24) is 0 Å². The monoisotopic (exact) mass is 1010 g/mol. The highest BCUT2D eigenvalue weighted by Crippen LogP contribution is 2.43. The molecule has 0 aliphatic carbocycles. The van der Waals surface area contributed by atoms with Crippen molar-refractivity contribution in [2.24, 2.45) is 5.73 Å². The Labute approximate surface area is 436 Å². The summed E-state index contributed by atoms with van der Waals surface area (Å²) in [7, 11) is -4.39. The number of hydrogen-bond donors (Lipinski definition) is 2. The van der Waals surface area contributed by atoms with Crippen LogP contribution in [-0.2, 0) is 32.7 Å². The lowest BCUT2D eigenvalue weighted by molar-refractivity contribution is -0.161. The number of unbranched alkanes of at least 4 members (excludes halogenated alkanes) is 24. The number of phosphoric acid groups is 1. The molecule has 0 bridgehead atoms. The summed E-state index contributed by atoms with van der Waals surface area (Å²) in [5.41, 5.74) is 5.38. The number of rotatable bonds is 53. The van der Waals surface area contributed by atoms with E-state index in [1.807, 2.05) is 0 Å². The maximum Gasteiger partial charge on any atom is 0.472 e. The Balaban J connectivity index is 4.02. The van der Waals surface area contributed by atoms with Gasteiger partial charge in [-0.3, -0.25) is 18.6 Å².